The fourth-order valence-electron chi connectivity index (χ4n) is 1.96. The molecule has 15 heavy (non-hydrogen) atoms. The highest BCUT2D eigenvalue weighted by atomic mass is 16.4. The van der Waals surface area contributed by atoms with Crippen molar-refractivity contribution in [3.05, 3.63) is 0 Å². The molecule has 1 rings (SSSR count). The summed E-state index contributed by atoms with van der Waals surface area (Å²) in [6.45, 7) is 3.95. The van der Waals surface area contributed by atoms with E-state index < -0.39 is 11.5 Å². The summed E-state index contributed by atoms with van der Waals surface area (Å²) in [7, 11) is 0. The fraction of sp³-hybridized carbons (Fsp3) is 0.818. The van der Waals surface area contributed by atoms with E-state index in [1.165, 1.54) is 0 Å². The molecule has 0 unspecified atom stereocenters. The number of amides is 1. The molecule has 0 spiro atoms. The second-order valence-corrected chi connectivity index (χ2v) is 4.85. The normalized spacial score (nSPS) is 18.3. The lowest BCUT2D eigenvalue weighted by Crippen LogP contribution is -2.54. The lowest BCUT2D eigenvalue weighted by atomic mass is 9.74. The van der Waals surface area contributed by atoms with Crippen molar-refractivity contribution in [2.45, 2.75) is 51.5 Å². The third kappa shape index (κ3) is 3.53. The minimum Gasteiger partial charge on any atom is -0.481 e. The van der Waals surface area contributed by atoms with Gasteiger partial charge >= 0.3 is 5.97 Å². The number of nitrogens with one attached hydrogen (secondary N) is 1. The second-order valence-electron chi connectivity index (χ2n) is 4.85. The van der Waals surface area contributed by atoms with Gasteiger partial charge in [-0.1, -0.05) is 13.8 Å². The number of carbonyl (C=O) groups is 2. The van der Waals surface area contributed by atoms with Crippen molar-refractivity contribution in [1.82, 2.24) is 5.32 Å². The highest BCUT2D eigenvalue weighted by Gasteiger charge is 2.40. The van der Waals surface area contributed by atoms with Crippen molar-refractivity contribution in [1.29, 1.82) is 0 Å². The molecule has 0 saturated heterocycles. The summed E-state index contributed by atoms with van der Waals surface area (Å²) in [5, 5.41) is 11.6. The number of carboxylic acid groups (broad SMARTS) is 1. The van der Waals surface area contributed by atoms with E-state index in [0.29, 0.717) is 12.3 Å². The van der Waals surface area contributed by atoms with Gasteiger partial charge in [-0.05, 0) is 25.2 Å². The van der Waals surface area contributed by atoms with Crippen LogP contribution >= 0.6 is 0 Å². The van der Waals surface area contributed by atoms with Gasteiger partial charge in [-0.25, -0.2) is 0 Å². The quantitative estimate of drug-likeness (QED) is 0.728. The van der Waals surface area contributed by atoms with Crippen LogP contribution in [0.2, 0.25) is 0 Å². The molecule has 0 aromatic heterocycles. The van der Waals surface area contributed by atoms with Gasteiger partial charge < -0.3 is 10.4 Å². The SMILES string of the molecule is CC(C)CC(=O)NC1(CC(=O)O)CCC1. The van der Waals surface area contributed by atoms with Crippen molar-refractivity contribution in [3.8, 4) is 0 Å². The Hall–Kier alpha value is -1.06. The Morgan fingerprint density at radius 3 is 2.33 bits per heavy atom. The van der Waals surface area contributed by atoms with Crippen LogP contribution in [-0.4, -0.2) is 22.5 Å². The van der Waals surface area contributed by atoms with Crippen molar-refractivity contribution in [3.63, 3.8) is 0 Å². The molecular weight excluding hydrogens is 194 g/mol. The maximum Gasteiger partial charge on any atom is 0.305 e. The van der Waals surface area contributed by atoms with Crippen molar-refractivity contribution in [2.75, 3.05) is 0 Å². The minimum absolute atomic E-state index is 0.0223. The van der Waals surface area contributed by atoms with Gasteiger partial charge in [-0.3, -0.25) is 9.59 Å². The standard InChI is InChI=1S/C11H19NO3/c1-8(2)6-9(13)12-11(4-3-5-11)7-10(14)15/h8H,3-7H2,1-2H3,(H,12,13)(H,14,15). The summed E-state index contributed by atoms with van der Waals surface area (Å²) < 4.78 is 0. The van der Waals surface area contributed by atoms with Crippen LogP contribution in [0.4, 0.5) is 0 Å². The maximum atomic E-state index is 11.5. The van der Waals surface area contributed by atoms with E-state index in [9.17, 15) is 9.59 Å². The van der Waals surface area contributed by atoms with Crippen LogP contribution in [-0.2, 0) is 9.59 Å². The fourth-order valence-corrected chi connectivity index (χ4v) is 1.96. The maximum absolute atomic E-state index is 11.5. The molecule has 1 amide bonds. The zero-order valence-corrected chi connectivity index (χ0v) is 9.38. The summed E-state index contributed by atoms with van der Waals surface area (Å²) in [5.74, 6) is -0.544. The molecule has 1 saturated carbocycles. The molecule has 86 valence electrons. The Labute approximate surface area is 90.0 Å². The molecule has 1 aliphatic carbocycles. The number of aliphatic carboxylic acids is 1. The second kappa shape index (κ2) is 4.64. The molecule has 0 heterocycles. The topological polar surface area (TPSA) is 66.4 Å². The Kier molecular flexibility index (Phi) is 3.72. The van der Waals surface area contributed by atoms with Gasteiger partial charge in [0.2, 0.25) is 5.91 Å². The molecular formula is C11H19NO3. The Bertz CT molecular complexity index is 257. The summed E-state index contributed by atoms with van der Waals surface area (Å²) in [6.07, 6.45) is 3.12. The van der Waals surface area contributed by atoms with Crippen LogP contribution in [0, 0.1) is 5.92 Å². The number of hydrogen-bond acceptors (Lipinski definition) is 2. The molecule has 0 aromatic rings. The third-order valence-corrected chi connectivity index (χ3v) is 2.80. The molecule has 4 heteroatoms. The highest BCUT2D eigenvalue weighted by molar-refractivity contribution is 5.78. The van der Waals surface area contributed by atoms with E-state index in [1.54, 1.807) is 0 Å². The van der Waals surface area contributed by atoms with Crippen LogP contribution in [0.25, 0.3) is 0 Å². The van der Waals surface area contributed by atoms with Gasteiger partial charge in [-0.2, -0.15) is 0 Å². The van der Waals surface area contributed by atoms with Gasteiger partial charge in [0.25, 0.3) is 0 Å². The highest BCUT2D eigenvalue weighted by Crippen LogP contribution is 2.35. The number of carboxylic acids is 1. The van der Waals surface area contributed by atoms with Crippen molar-refractivity contribution >= 4 is 11.9 Å². The van der Waals surface area contributed by atoms with Gasteiger partial charge in [-0.15, -0.1) is 0 Å². The summed E-state index contributed by atoms with van der Waals surface area (Å²) in [6, 6.07) is 0. The molecule has 0 bridgehead atoms. The molecule has 2 N–H and O–H groups in total. The van der Waals surface area contributed by atoms with Crippen molar-refractivity contribution < 1.29 is 14.7 Å². The number of hydrogen-bond donors (Lipinski definition) is 2. The molecule has 1 fully saturated rings. The Balaban J connectivity index is 2.46. The molecule has 0 aromatic carbocycles. The molecule has 0 aliphatic heterocycles. The largest absolute Gasteiger partial charge is 0.481 e. The third-order valence-electron chi connectivity index (χ3n) is 2.80. The first-order valence-electron chi connectivity index (χ1n) is 5.46. The van der Waals surface area contributed by atoms with E-state index in [-0.39, 0.29) is 12.3 Å². The number of carbonyl (C=O) groups excluding carboxylic acids is 1. The summed E-state index contributed by atoms with van der Waals surface area (Å²) in [5.41, 5.74) is -0.447. The molecule has 4 nitrogen and oxygen atoms in total. The van der Waals surface area contributed by atoms with E-state index in [2.05, 4.69) is 5.32 Å². The van der Waals surface area contributed by atoms with E-state index >= 15 is 0 Å². The first-order valence-corrected chi connectivity index (χ1v) is 5.46. The Morgan fingerprint density at radius 1 is 1.40 bits per heavy atom. The van der Waals surface area contributed by atoms with E-state index in [1.807, 2.05) is 13.8 Å². The lowest BCUT2D eigenvalue weighted by molar-refractivity contribution is -0.140. The van der Waals surface area contributed by atoms with Gasteiger partial charge in [0.15, 0.2) is 0 Å². The smallest absolute Gasteiger partial charge is 0.305 e. The minimum atomic E-state index is -0.834. The molecule has 1 aliphatic rings. The van der Waals surface area contributed by atoms with E-state index in [0.717, 1.165) is 19.3 Å². The van der Waals surface area contributed by atoms with Crippen LogP contribution in [0.3, 0.4) is 0 Å². The van der Waals surface area contributed by atoms with Crippen LogP contribution in [0.5, 0.6) is 0 Å². The van der Waals surface area contributed by atoms with Crippen LogP contribution in [0.15, 0.2) is 0 Å². The molecule has 0 atom stereocenters. The molecule has 0 radical (unpaired) electrons. The first kappa shape index (κ1) is 12.0. The first-order chi connectivity index (χ1) is 6.93. The predicted molar refractivity (Wildman–Crippen MR) is 56.4 cm³/mol. The van der Waals surface area contributed by atoms with Crippen LogP contribution in [0.1, 0.15) is 46.0 Å². The van der Waals surface area contributed by atoms with Gasteiger partial charge in [0, 0.05) is 6.42 Å². The summed E-state index contributed by atoms with van der Waals surface area (Å²) >= 11 is 0. The monoisotopic (exact) mass is 213 g/mol. The van der Waals surface area contributed by atoms with E-state index in [4.69, 9.17) is 5.11 Å². The van der Waals surface area contributed by atoms with Gasteiger partial charge in [0.1, 0.15) is 0 Å². The average molecular weight is 213 g/mol. The zero-order chi connectivity index (χ0) is 11.5. The lowest BCUT2D eigenvalue weighted by Gasteiger charge is -2.41. The van der Waals surface area contributed by atoms with Crippen LogP contribution < -0.4 is 5.32 Å². The average Bonchev–Trinajstić information content (AvgIpc) is 1.97. The summed E-state index contributed by atoms with van der Waals surface area (Å²) in [4.78, 5) is 22.2. The van der Waals surface area contributed by atoms with Crippen molar-refractivity contribution in [2.24, 2.45) is 5.92 Å². The predicted octanol–water partition coefficient (Wildman–Crippen LogP) is 1.55. The van der Waals surface area contributed by atoms with Gasteiger partial charge in [0.05, 0.1) is 12.0 Å². The zero-order valence-electron chi connectivity index (χ0n) is 9.38. The number of rotatable bonds is 5. The Morgan fingerprint density at radius 2 is 2.00 bits per heavy atom.